The van der Waals surface area contributed by atoms with Crippen LogP contribution in [-0.2, 0) is 28.7 Å². The Bertz CT molecular complexity index is 939. The number of Topliss-reactive ketones (excluding diaryl/α,β-unsaturated/α-hetero) is 1. The first-order valence-corrected chi connectivity index (χ1v) is 13.6. The summed E-state index contributed by atoms with van der Waals surface area (Å²) in [4.78, 5) is 63.3. The molecule has 0 aromatic rings. The summed E-state index contributed by atoms with van der Waals surface area (Å²) in [6.45, 7) is 14.7. The molecule has 1 aliphatic rings. The SMILES string of the molecule is CC[C@@H](C)[C@H]1NC(=O)CC(=O)[C@H](C)[C@H](/C=C(\C)C[C@H](C)C/C(C)=C/C(=O)O)OC(=O)[C@H]([C@@H](C)CC)NC1=O. The summed E-state index contributed by atoms with van der Waals surface area (Å²) in [5.74, 6) is -4.10. The molecule has 2 amide bonds. The molecule has 9 nitrogen and oxygen atoms in total. The first kappa shape index (κ1) is 33.1. The van der Waals surface area contributed by atoms with E-state index >= 15 is 0 Å². The molecule has 1 fully saturated rings. The lowest BCUT2D eigenvalue weighted by Gasteiger charge is -2.31. The van der Waals surface area contributed by atoms with Crippen LogP contribution in [0.3, 0.4) is 0 Å². The van der Waals surface area contributed by atoms with Crippen molar-refractivity contribution in [2.45, 2.75) is 106 Å². The topological polar surface area (TPSA) is 139 Å². The zero-order chi connectivity index (χ0) is 29.2. The molecule has 0 aromatic heterocycles. The number of aliphatic carboxylic acids is 1. The van der Waals surface area contributed by atoms with Crippen LogP contribution in [0.1, 0.15) is 87.5 Å². The molecule has 0 aliphatic carbocycles. The Labute approximate surface area is 226 Å². The maximum absolute atomic E-state index is 13.4. The summed E-state index contributed by atoms with van der Waals surface area (Å²) in [5.41, 5.74) is 1.61. The molecule has 7 atom stereocenters. The van der Waals surface area contributed by atoms with E-state index in [4.69, 9.17) is 9.84 Å². The first-order valence-electron chi connectivity index (χ1n) is 13.6. The van der Waals surface area contributed by atoms with Crippen molar-refractivity contribution in [1.82, 2.24) is 10.6 Å². The molecule has 0 bridgehead atoms. The average Bonchev–Trinajstić information content (AvgIpc) is 2.82. The fourth-order valence-corrected chi connectivity index (χ4v) is 4.62. The second-order valence-corrected chi connectivity index (χ2v) is 11.0. The number of carbonyl (C=O) groups excluding carboxylic acids is 4. The van der Waals surface area contributed by atoms with E-state index < -0.39 is 54.3 Å². The molecule has 1 aliphatic heterocycles. The summed E-state index contributed by atoms with van der Waals surface area (Å²) in [7, 11) is 0. The predicted molar refractivity (Wildman–Crippen MR) is 145 cm³/mol. The van der Waals surface area contributed by atoms with Gasteiger partial charge in [-0.1, -0.05) is 65.5 Å². The Morgan fingerprint density at radius 1 is 0.974 bits per heavy atom. The zero-order valence-electron chi connectivity index (χ0n) is 24.1. The number of ether oxygens (including phenoxy) is 1. The van der Waals surface area contributed by atoms with Gasteiger partial charge in [-0.05, 0) is 50.5 Å². The van der Waals surface area contributed by atoms with Crippen molar-refractivity contribution < 1.29 is 33.8 Å². The standard InChI is InChI=1S/C29H46N2O7/c1-9-19(6)26-28(36)31-27(20(7)10-2)29(37)38-23(21(8)22(32)15-24(33)30-26)13-17(4)11-16(3)12-18(5)14-25(34)35/h13-14,16,19-21,23,26-27H,9-12,15H2,1-8H3,(H,30,33)(H,31,36)(H,34,35)/b17-13+,18-14+/t16-,19+,20-,21-,23-,26+,27-/m0/s1. The van der Waals surface area contributed by atoms with Gasteiger partial charge in [0.05, 0.1) is 12.3 Å². The number of carboxylic acids is 1. The maximum Gasteiger partial charge on any atom is 0.329 e. The number of hydrogen-bond acceptors (Lipinski definition) is 6. The van der Waals surface area contributed by atoms with Crippen LogP contribution >= 0.6 is 0 Å². The molecular weight excluding hydrogens is 488 g/mol. The summed E-state index contributed by atoms with van der Waals surface area (Å²) in [6.07, 6.45) is 3.98. The second kappa shape index (κ2) is 15.4. The lowest BCUT2D eigenvalue weighted by Crippen LogP contribution is -2.57. The second-order valence-electron chi connectivity index (χ2n) is 11.0. The fourth-order valence-electron chi connectivity index (χ4n) is 4.62. The highest BCUT2D eigenvalue weighted by atomic mass is 16.5. The minimum Gasteiger partial charge on any atom is -0.478 e. The Balaban J connectivity index is 3.32. The van der Waals surface area contributed by atoms with Crippen LogP contribution in [0.2, 0.25) is 0 Å². The van der Waals surface area contributed by atoms with Crippen LogP contribution < -0.4 is 10.6 Å². The molecule has 0 saturated carbocycles. The van der Waals surface area contributed by atoms with Crippen molar-refractivity contribution in [2.24, 2.45) is 23.7 Å². The van der Waals surface area contributed by atoms with Crippen molar-refractivity contribution in [3.05, 3.63) is 23.3 Å². The highest BCUT2D eigenvalue weighted by Gasteiger charge is 2.37. The minimum absolute atomic E-state index is 0.116. The number of ketones is 1. The predicted octanol–water partition coefficient (Wildman–Crippen LogP) is 3.96. The van der Waals surface area contributed by atoms with E-state index in [1.165, 1.54) is 6.08 Å². The number of amides is 2. The molecule has 9 heteroatoms. The first-order chi connectivity index (χ1) is 17.7. The Hall–Kier alpha value is -2.97. The van der Waals surface area contributed by atoms with Crippen molar-refractivity contribution >= 4 is 29.5 Å². The van der Waals surface area contributed by atoms with Crippen molar-refractivity contribution in [3.63, 3.8) is 0 Å². The molecule has 1 heterocycles. The highest BCUT2D eigenvalue weighted by Crippen LogP contribution is 2.23. The summed E-state index contributed by atoms with van der Waals surface area (Å²) in [6, 6.07) is -1.80. The maximum atomic E-state index is 13.4. The Kier molecular flexibility index (Phi) is 13.4. The van der Waals surface area contributed by atoms with Crippen LogP contribution in [0.25, 0.3) is 0 Å². The van der Waals surface area contributed by atoms with E-state index in [1.54, 1.807) is 19.9 Å². The van der Waals surface area contributed by atoms with E-state index in [0.717, 1.165) is 11.1 Å². The molecule has 38 heavy (non-hydrogen) atoms. The van der Waals surface area contributed by atoms with Crippen molar-refractivity contribution in [3.8, 4) is 0 Å². The third-order valence-corrected chi connectivity index (χ3v) is 7.32. The molecule has 0 unspecified atom stereocenters. The van der Waals surface area contributed by atoms with Crippen LogP contribution in [-0.4, -0.2) is 52.8 Å². The van der Waals surface area contributed by atoms with Crippen LogP contribution in [0.4, 0.5) is 0 Å². The Morgan fingerprint density at radius 3 is 2.08 bits per heavy atom. The van der Waals surface area contributed by atoms with Crippen molar-refractivity contribution in [2.75, 3.05) is 0 Å². The van der Waals surface area contributed by atoms with Crippen LogP contribution in [0.5, 0.6) is 0 Å². The summed E-state index contributed by atoms with van der Waals surface area (Å²) >= 11 is 0. The smallest absolute Gasteiger partial charge is 0.329 e. The zero-order valence-corrected chi connectivity index (χ0v) is 24.1. The molecule has 0 spiro atoms. The van der Waals surface area contributed by atoms with Gasteiger partial charge < -0.3 is 20.5 Å². The molecule has 3 N–H and O–H groups in total. The van der Waals surface area contributed by atoms with Crippen molar-refractivity contribution in [1.29, 1.82) is 0 Å². The highest BCUT2D eigenvalue weighted by molar-refractivity contribution is 6.01. The quantitative estimate of drug-likeness (QED) is 0.167. The number of nitrogens with one attached hydrogen (secondary N) is 2. The molecule has 1 rings (SSSR count). The van der Waals surface area contributed by atoms with Gasteiger partial charge in [0.15, 0.2) is 0 Å². The number of esters is 1. The number of carboxylic acid groups (broad SMARTS) is 1. The van der Waals surface area contributed by atoms with Gasteiger partial charge in [-0.15, -0.1) is 0 Å². The van der Waals surface area contributed by atoms with Gasteiger partial charge in [0.1, 0.15) is 24.0 Å². The number of allylic oxidation sites excluding steroid dienone is 2. The van der Waals surface area contributed by atoms with E-state index in [1.807, 2.05) is 41.5 Å². The lowest BCUT2D eigenvalue weighted by molar-refractivity contribution is -0.156. The molecule has 1 saturated heterocycles. The van der Waals surface area contributed by atoms with Gasteiger partial charge in [-0.2, -0.15) is 0 Å². The van der Waals surface area contributed by atoms with Gasteiger partial charge >= 0.3 is 11.9 Å². The third kappa shape index (κ3) is 10.4. The third-order valence-electron chi connectivity index (χ3n) is 7.32. The largest absolute Gasteiger partial charge is 0.478 e. The molecular formula is C29H46N2O7. The number of hydrogen-bond donors (Lipinski definition) is 3. The lowest BCUT2D eigenvalue weighted by atomic mass is 9.90. The van der Waals surface area contributed by atoms with E-state index in [2.05, 4.69) is 10.6 Å². The van der Waals surface area contributed by atoms with Gasteiger partial charge in [0.2, 0.25) is 11.8 Å². The average molecular weight is 535 g/mol. The van der Waals surface area contributed by atoms with Crippen LogP contribution in [0, 0.1) is 23.7 Å². The van der Waals surface area contributed by atoms with Gasteiger partial charge in [-0.25, -0.2) is 9.59 Å². The van der Waals surface area contributed by atoms with Gasteiger partial charge in [0.25, 0.3) is 0 Å². The fraction of sp³-hybridized carbons (Fsp3) is 0.690. The molecule has 0 aromatic carbocycles. The molecule has 0 radical (unpaired) electrons. The number of cyclic esters (lactones) is 1. The minimum atomic E-state index is -0.989. The number of rotatable bonds is 10. The monoisotopic (exact) mass is 534 g/mol. The van der Waals surface area contributed by atoms with Gasteiger partial charge in [-0.3, -0.25) is 14.4 Å². The Morgan fingerprint density at radius 2 is 1.53 bits per heavy atom. The van der Waals surface area contributed by atoms with Gasteiger partial charge in [0, 0.05) is 6.08 Å². The summed E-state index contributed by atoms with van der Waals surface area (Å²) < 4.78 is 5.86. The number of carbonyl (C=O) groups is 5. The van der Waals surface area contributed by atoms with E-state index in [-0.39, 0.29) is 23.5 Å². The molecule has 214 valence electrons. The van der Waals surface area contributed by atoms with E-state index in [0.29, 0.717) is 25.7 Å². The van der Waals surface area contributed by atoms with Crippen LogP contribution in [0.15, 0.2) is 23.3 Å². The normalized spacial score (nSPS) is 26.7. The summed E-state index contributed by atoms with van der Waals surface area (Å²) in [5, 5.41) is 14.5. The van der Waals surface area contributed by atoms with E-state index in [9.17, 15) is 24.0 Å².